The summed E-state index contributed by atoms with van der Waals surface area (Å²) in [6.45, 7) is 2.04. The number of nitro benzene ring substituents is 1. The van der Waals surface area contributed by atoms with Crippen molar-refractivity contribution in [1.29, 1.82) is 0 Å². The highest BCUT2D eigenvalue weighted by molar-refractivity contribution is 5.70. The smallest absolute Gasteiger partial charge is 0.308 e. The summed E-state index contributed by atoms with van der Waals surface area (Å²) in [7, 11) is 0. The highest BCUT2D eigenvalue weighted by Crippen LogP contribution is 2.17. The van der Waals surface area contributed by atoms with Crippen molar-refractivity contribution in [2.75, 3.05) is 11.9 Å². The molecule has 0 aliphatic rings. The molecule has 0 saturated heterocycles. The average molecular weight is 238 g/mol. The first kappa shape index (κ1) is 13.0. The van der Waals surface area contributed by atoms with E-state index in [9.17, 15) is 14.9 Å². The third-order valence-corrected chi connectivity index (χ3v) is 2.45. The van der Waals surface area contributed by atoms with Crippen molar-refractivity contribution in [2.45, 2.75) is 13.3 Å². The number of rotatable bonds is 6. The Morgan fingerprint density at radius 1 is 1.59 bits per heavy atom. The summed E-state index contributed by atoms with van der Waals surface area (Å²) < 4.78 is 0. The van der Waals surface area contributed by atoms with Gasteiger partial charge in [0.2, 0.25) is 0 Å². The highest BCUT2D eigenvalue weighted by atomic mass is 16.6. The second-order valence-electron chi connectivity index (χ2n) is 3.63. The van der Waals surface area contributed by atoms with Crippen molar-refractivity contribution in [3.05, 3.63) is 34.4 Å². The molecule has 1 aromatic rings. The molecule has 0 bridgehead atoms. The van der Waals surface area contributed by atoms with Crippen LogP contribution >= 0.6 is 0 Å². The lowest BCUT2D eigenvalue weighted by Crippen LogP contribution is -2.22. The minimum Gasteiger partial charge on any atom is -0.481 e. The van der Waals surface area contributed by atoms with Crippen molar-refractivity contribution in [3.63, 3.8) is 0 Å². The summed E-state index contributed by atoms with van der Waals surface area (Å²) in [4.78, 5) is 20.8. The number of hydrogen-bond donors (Lipinski definition) is 2. The summed E-state index contributed by atoms with van der Waals surface area (Å²) in [6, 6.07) is 6.00. The second-order valence-corrected chi connectivity index (χ2v) is 3.63. The summed E-state index contributed by atoms with van der Waals surface area (Å²) in [6.07, 6.45) is 0.511. The van der Waals surface area contributed by atoms with Crippen molar-refractivity contribution >= 4 is 17.3 Å². The molecule has 0 fully saturated rings. The Morgan fingerprint density at radius 3 is 2.82 bits per heavy atom. The van der Waals surface area contributed by atoms with E-state index in [1.54, 1.807) is 19.1 Å². The molecule has 17 heavy (non-hydrogen) atoms. The Bertz CT molecular complexity index is 420. The number of benzene rings is 1. The van der Waals surface area contributed by atoms with Crippen molar-refractivity contribution in [3.8, 4) is 0 Å². The zero-order valence-corrected chi connectivity index (χ0v) is 9.42. The van der Waals surface area contributed by atoms with E-state index in [2.05, 4.69) is 5.32 Å². The molecule has 0 heterocycles. The van der Waals surface area contributed by atoms with Gasteiger partial charge < -0.3 is 10.4 Å². The fourth-order valence-electron chi connectivity index (χ4n) is 1.38. The number of carbonyl (C=O) groups is 1. The fraction of sp³-hybridized carbons (Fsp3) is 0.364. The van der Waals surface area contributed by atoms with E-state index in [-0.39, 0.29) is 12.2 Å². The molecule has 2 N–H and O–H groups in total. The Morgan fingerprint density at radius 2 is 2.29 bits per heavy atom. The van der Waals surface area contributed by atoms with E-state index in [0.717, 1.165) is 0 Å². The molecule has 1 unspecified atom stereocenters. The number of anilines is 1. The van der Waals surface area contributed by atoms with E-state index in [1.165, 1.54) is 12.1 Å². The molecule has 0 aliphatic carbocycles. The molecule has 1 atom stereocenters. The molecule has 92 valence electrons. The van der Waals surface area contributed by atoms with Crippen LogP contribution in [0.5, 0.6) is 0 Å². The number of aliphatic carboxylic acids is 1. The Balaban J connectivity index is 2.66. The number of carboxylic acids is 1. The quantitative estimate of drug-likeness (QED) is 0.585. The molecule has 6 nitrogen and oxygen atoms in total. The molecule has 1 rings (SSSR count). The van der Waals surface area contributed by atoms with E-state index >= 15 is 0 Å². The lowest BCUT2D eigenvalue weighted by Gasteiger charge is -2.11. The molecule has 0 saturated carbocycles. The first-order valence-corrected chi connectivity index (χ1v) is 5.25. The Kier molecular flexibility index (Phi) is 4.45. The average Bonchev–Trinajstić information content (AvgIpc) is 2.29. The minimum atomic E-state index is -0.870. The minimum absolute atomic E-state index is 0.0154. The third-order valence-electron chi connectivity index (χ3n) is 2.45. The van der Waals surface area contributed by atoms with Crippen LogP contribution in [0.15, 0.2) is 24.3 Å². The standard InChI is InChI=1S/C11H14N2O4/c1-2-8(11(14)15)7-12-9-4-3-5-10(6-9)13(16)17/h3-6,8,12H,2,7H2,1H3,(H,14,15). The van der Waals surface area contributed by atoms with Gasteiger partial charge in [-0.1, -0.05) is 13.0 Å². The Hall–Kier alpha value is -2.11. The van der Waals surface area contributed by atoms with Crippen molar-refractivity contribution in [2.24, 2.45) is 5.92 Å². The van der Waals surface area contributed by atoms with Gasteiger partial charge in [0.1, 0.15) is 0 Å². The van der Waals surface area contributed by atoms with Crippen molar-refractivity contribution in [1.82, 2.24) is 0 Å². The van der Waals surface area contributed by atoms with E-state index in [4.69, 9.17) is 5.11 Å². The number of non-ortho nitro benzene ring substituents is 1. The highest BCUT2D eigenvalue weighted by Gasteiger charge is 2.14. The lowest BCUT2D eigenvalue weighted by molar-refractivity contribution is -0.384. The van der Waals surface area contributed by atoms with Gasteiger partial charge in [-0.25, -0.2) is 0 Å². The van der Waals surface area contributed by atoms with Crippen LogP contribution in [0.4, 0.5) is 11.4 Å². The van der Waals surface area contributed by atoms with Gasteiger partial charge in [0.15, 0.2) is 0 Å². The molecule has 0 aliphatic heterocycles. The van der Waals surface area contributed by atoms with Crippen LogP contribution < -0.4 is 5.32 Å². The van der Waals surface area contributed by atoms with E-state index in [1.807, 2.05) is 0 Å². The lowest BCUT2D eigenvalue weighted by atomic mass is 10.1. The van der Waals surface area contributed by atoms with Crippen LogP contribution in [0.1, 0.15) is 13.3 Å². The first-order chi connectivity index (χ1) is 8.04. The van der Waals surface area contributed by atoms with Gasteiger partial charge in [-0.2, -0.15) is 0 Å². The second kappa shape index (κ2) is 5.83. The summed E-state index contributed by atoms with van der Waals surface area (Å²) in [5, 5.41) is 22.3. The van der Waals surface area contributed by atoms with Gasteiger partial charge >= 0.3 is 5.97 Å². The molecule has 0 aromatic heterocycles. The molecule has 0 spiro atoms. The number of nitrogens with zero attached hydrogens (tertiary/aromatic N) is 1. The molecule has 1 aromatic carbocycles. The monoisotopic (exact) mass is 238 g/mol. The van der Waals surface area contributed by atoms with Crippen LogP contribution in [0.3, 0.4) is 0 Å². The number of nitro groups is 1. The normalized spacial score (nSPS) is 11.8. The van der Waals surface area contributed by atoms with E-state index < -0.39 is 16.8 Å². The maximum absolute atomic E-state index is 10.8. The molecular formula is C11H14N2O4. The SMILES string of the molecule is CCC(CNc1cccc([N+](=O)[O-])c1)C(=O)O. The summed E-state index contributed by atoms with van der Waals surface area (Å²) in [5.74, 6) is -1.36. The predicted molar refractivity (Wildman–Crippen MR) is 63.0 cm³/mol. The van der Waals surface area contributed by atoms with Gasteiger partial charge in [-0.15, -0.1) is 0 Å². The molecule has 6 heteroatoms. The van der Waals surface area contributed by atoms with Crippen LogP contribution in [0, 0.1) is 16.0 Å². The fourth-order valence-corrected chi connectivity index (χ4v) is 1.38. The van der Waals surface area contributed by atoms with Gasteiger partial charge in [-0.05, 0) is 12.5 Å². The summed E-state index contributed by atoms with van der Waals surface area (Å²) in [5.41, 5.74) is 0.539. The largest absolute Gasteiger partial charge is 0.481 e. The first-order valence-electron chi connectivity index (χ1n) is 5.25. The topological polar surface area (TPSA) is 92.5 Å². The summed E-state index contributed by atoms with van der Waals surface area (Å²) >= 11 is 0. The third kappa shape index (κ3) is 3.75. The predicted octanol–water partition coefficient (Wildman–Crippen LogP) is 2.12. The van der Waals surface area contributed by atoms with Crippen LogP contribution in [0.2, 0.25) is 0 Å². The van der Waals surface area contributed by atoms with Crippen LogP contribution in [0.25, 0.3) is 0 Å². The number of carboxylic acid groups (broad SMARTS) is 1. The number of nitrogens with one attached hydrogen (secondary N) is 1. The van der Waals surface area contributed by atoms with Crippen LogP contribution in [-0.4, -0.2) is 22.5 Å². The maximum Gasteiger partial charge on any atom is 0.308 e. The molecule has 0 radical (unpaired) electrons. The Labute approximate surface area is 98.4 Å². The van der Waals surface area contributed by atoms with Gasteiger partial charge in [-0.3, -0.25) is 14.9 Å². The maximum atomic E-state index is 10.8. The van der Waals surface area contributed by atoms with E-state index in [0.29, 0.717) is 12.1 Å². The van der Waals surface area contributed by atoms with Crippen molar-refractivity contribution < 1.29 is 14.8 Å². The zero-order valence-electron chi connectivity index (χ0n) is 9.42. The molecule has 0 amide bonds. The number of hydrogen-bond acceptors (Lipinski definition) is 4. The van der Waals surface area contributed by atoms with Crippen LogP contribution in [-0.2, 0) is 4.79 Å². The molecular weight excluding hydrogens is 224 g/mol. The van der Waals surface area contributed by atoms with Gasteiger partial charge in [0.25, 0.3) is 5.69 Å². The zero-order chi connectivity index (χ0) is 12.8. The van der Waals surface area contributed by atoms with Gasteiger partial charge in [0, 0.05) is 24.4 Å². The van der Waals surface area contributed by atoms with Gasteiger partial charge in [0.05, 0.1) is 10.8 Å².